The van der Waals surface area contributed by atoms with Gasteiger partial charge in [-0.2, -0.15) is 0 Å². The number of fused-ring (bicyclic) bond motifs is 5. The van der Waals surface area contributed by atoms with Gasteiger partial charge in [0.2, 0.25) is 0 Å². The molecule has 0 aliphatic heterocycles. The van der Waals surface area contributed by atoms with Gasteiger partial charge in [0.15, 0.2) is 0 Å². The molecule has 1 saturated carbocycles. The first-order valence-electron chi connectivity index (χ1n) is 26.7. The Morgan fingerprint density at radius 2 is 1.40 bits per heavy atom. The summed E-state index contributed by atoms with van der Waals surface area (Å²) >= 11 is 0. The first kappa shape index (κ1) is 32.7. The third-order valence-electron chi connectivity index (χ3n) is 11.3. The number of benzene rings is 5. The summed E-state index contributed by atoms with van der Waals surface area (Å²) in [7, 11) is 0. The van der Waals surface area contributed by atoms with Gasteiger partial charge < -0.3 is 14.4 Å². The molecule has 1 fully saturated rings. The van der Waals surface area contributed by atoms with Crippen molar-refractivity contribution < 1.29 is 39.6 Å². The van der Waals surface area contributed by atoms with Crippen molar-refractivity contribution in [2.45, 2.75) is 113 Å². The van der Waals surface area contributed by atoms with Crippen molar-refractivity contribution in [2.24, 2.45) is 16.2 Å². The Morgan fingerprint density at radius 1 is 0.726 bits per heavy atom. The van der Waals surface area contributed by atoms with Crippen LogP contribution in [0.15, 0.2) is 120 Å². The summed E-state index contributed by atoms with van der Waals surface area (Å²) in [5.41, 5.74) is 4.92. The quantitative estimate of drug-likeness (QED) is 0.156. The minimum atomic E-state index is -2.54. The Morgan fingerprint density at radius 3 is 2.13 bits per heavy atom. The smallest absolute Gasteiger partial charge is 0.128 e. The number of furan rings is 1. The Labute approximate surface area is 399 Å². The van der Waals surface area contributed by atoms with Crippen molar-refractivity contribution in [2.75, 3.05) is 0 Å². The molecule has 4 heteroatoms. The second-order valence-corrected chi connectivity index (χ2v) is 19.1. The van der Waals surface area contributed by atoms with E-state index in [0.29, 0.717) is 46.5 Å². The Balaban J connectivity index is 0.000000214. The third kappa shape index (κ3) is 10.1. The van der Waals surface area contributed by atoms with E-state index in [0.717, 1.165) is 56.7 Å². The fourth-order valence-electron chi connectivity index (χ4n) is 8.15. The van der Waals surface area contributed by atoms with Crippen molar-refractivity contribution in [1.82, 2.24) is 9.97 Å². The van der Waals surface area contributed by atoms with E-state index in [1.165, 1.54) is 18.3 Å². The van der Waals surface area contributed by atoms with Crippen molar-refractivity contribution in [3.63, 3.8) is 0 Å². The van der Waals surface area contributed by atoms with Gasteiger partial charge in [0, 0.05) is 58.3 Å². The van der Waals surface area contributed by atoms with Crippen molar-refractivity contribution in [3.05, 3.63) is 155 Å². The Kier molecular flexibility index (Phi) is 9.54. The SMILES string of the molecule is [2H]C([2H])([2H])c1c[c-]c(-c2cc(C([2H])([2H])C(C)(C)C)c(C([2H])([2H])[2H])cn2)cc1-c1ccccc1.[2H]C1(c2cc(-c3[c-]ccc4c3oc3c5ccccc5ccc43)ncc2C([2H])([2H])C(C)(C)C)CCC(C)(C)CC1.[Ir]. The molecule has 0 spiro atoms. The van der Waals surface area contributed by atoms with E-state index in [1.54, 1.807) is 33.0 Å². The van der Waals surface area contributed by atoms with Gasteiger partial charge >= 0.3 is 0 Å². The number of hydrogen-bond donors (Lipinski definition) is 0. The van der Waals surface area contributed by atoms with Crippen LogP contribution in [0.5, 0.6) is 0 Å². The zero-order valence-corrected chi connectivity index (χ0v) is 39.3. The van der Waals surface area contributed by atoms with Gasteiger partial charge in [0.1, 0.15) is 5.58 Å². The predicted octanol–water partition coefficient (Wildman–Crippen LogP) is 16.3. The summed E-state index contributed by atoms with van der Waals surface area (Å²) in [4.78, 5) is 9.11. The van der Waals surface area contributed by atoms with Crippen LogP contribution in [-0.2, 0) is 32.9 Å². The molecular weight excluding hydrogens is 933 g/mol. The van der Waals surface area contributed by atoms with E-state index in [4.69, 9.17) is 23.1 Å². The molecular formula is C58H62IrN2O-2. The molecule has 3 nitrogen and oxygen atoms in total. The molecule has 1 radical (unpaired) electrons. The van der Waals surface area contributed by atoms with Gasteiger partial charge in [-0.3, -0.25) is 0 Å². The van der Waals surface area contributed by atoms with Crippen LogP contribution in [0.3, 0.4) is 0 Å². The third-order valence-corrected chi connectivity index (χ3v) is 11.3. The fourth-order valence-corrected chi connectivity index (χ4v) is 8.15. The summed E-state index contributed by atoms with van der Waals surface area (Å²) in [6.07, 6.45) is 2.52. The predicted molar refractivity (Wildman–Crippen MR) is 258 cm³/mol. The number of hydrogen-bond acceptors (Lipinski definition) is 3. The molecule has 0 unspecified atom stereocenters. The largest absolute Gasteiger partial charge is 0.500 e. The second-order valence-electron chi connectivity index (χ2n) is 19.1. The molecule has 0 N–H and O–H groups in total. The molecule has 0 amide bonds. The first-order chi connectivity index (χ1) is 33.3. The summed E-state index contributed by atoms with van der Waals surface area (Å²) < 4.78 is 99.1. The maximum atomic E-state index is 9.64. The minimum absolute atomic E-state index is 0. The summed E-state index contributed by atoms with van der Waals surface area (Å²) in [6, 6.07) is 38.3. The molecule has 0 atom stereocenters. The van der Waals surface area contributed by atoms with E-state index in [9.17, 15) is 1.37 Å². The first-order valence-corrected chi connectivity index (χ1v) is 21.2. The van der Waals surface area contributed by atoms with Crippen molar-refractivity contribution in [3.8, 4) is 33.6 Å². The maximum Gasteiger partial charge on any atom is 0.128 e. The number of pyridine rings is 2. The fraction of sp³-hybridized carbons (Fsp3) is 0.345. The summed E-state index contributed by atoms with van der Waals surface area (Å²) in [6.45, 7) is 10.5. The van der Waals surface area contributed by atoms with Crippen LogP contribution < -0.4 is 0 Å². The topological polar surface area (TPSA) is 38.9 Å². The molecule has 1 aliphatic carbocycles. The molecule has 1 aliphatic rings. The number of aromatic nitrogens is 2. The van der Waals surface area contributed by atoms with Gasteiger partial charge in [0.25, 0.3) is 0 Å². The van der Waals surface area contributed by atoms with E-state index in [1.807, 2.05) is 81.4 Å². The number of nitrogens with zero attached hydrogens (tertiary/aromatic N) is 2. The molecule has 62 heavy (non-hydrogen) atoms. The zero-order chi connectivity index (χ0) is 52.6. The Hall–Kier alpha value is -4.89. The number of aryl methyl sites for hydroxylation is 2. The molecule has 321 valence electrons. The van der Waals surface area contributed by atoms with Crippen LogP contribution in [0.1, 0.15) is 130 Å². The average Bonchev–Trinajstić information content (AvgIpc) is 3.71. The van der Waals surface area contributed by atoms with E-state index in [-0.39, 0.29) is 42.2 Å². The Bertz CT molecular complexity index is 3300. The van der Waals surface area contributed by atoms with E-state index < -0.39 is 43.2 Å². The number of rotatable bonds is 6. The van der Waals surface area contributed by atoms with Gasteiger partial charge in [0.05, 0.1) is 5.58 Å². The van der Waals surface area contributed by atoms with Gasteiger partial charge in [-0.25, -0.2) is 0 Å². The minimum Gasteiger partial charge on any atom is -0.500 e. The van der Waals surface area contributed by atoms with Crippen LogP contribution in [-0.4, -0.2) is 9.97 Å². The van der Waals surface area contributed by atoms with Crippen LogP contribution in [0.4, 0.5) is 0 Å². The summed E-state index contributed by atoms with van der Waals surface area (Å²) in [5, 5.41) is 4.24. The standard InChI is InChI=1S/C34H36NO.C24H26N.Ir/c1-33(2,3)20-24-21-35-30(19-29(24)23-15-17-34(4,5)18-16-23)28-12-8-11-26-27-14-13-22-9-6-7-10-25(22)31(27)36-32(26)28;1-17-11-12-20(13-22(17)19-9-7-6-8-10-19)23-14-21(15-24(3,4)5)18(2)16-25-23;/h6-11,13-14,19,21,23H,15-18,20H2,1-5H3;6-11,13-14,16H,15H2,1-5H3;/q2*-1;/i20D2,23D;1D3,2D3,15D2;. The second kappa shape index (κ2) is 18.1. The van der Waals surface area contributed by atoms with Gasteiger partial charge in [-0.15, -0.1) is 47.5 Å². The maximum absolute atomic E-state index is 9.64. The molecule has 8 aromatic rings. The van der Waals surface area contributed by atoms with E-state index >= 15 is 0 Å². The molecule has 0 saturated heterocycles. The van der Waals surface area contributed by atoms with Crippen molar-refractivity contribution >= 4 is 32.7 Å². The van der Waals surface area contributed by atoms with Gasteiger partial charge in [-0.1, -0.05) is 163 Å². The van der Waals surface area contributed by atoms with Gasteiger partial charge in [-0.05, 0) is 106 Å². The zero-order valence-electron chi connectivity index (χ0n) is 47.9. The molecule has 3 aromatic heterocycles. The summed E-state index contributed by atoms with van der Waals surface area (Å²) in [5.74, 6) is -0.876. The molecule has 3 heterocycles. The molecule has 5 aromatic carbocycles. The normalized spacial score (nSPS) is 18.4. The molecule has 0 bridgehead atoms. The van der Waals surface area contributed by atoms with Crippen LogP contribution in [0.2, 0.25) is 0 Å². The monoisotopic (exact) mass is 1010 g/mol. The van der Waals surface area contributed by atoms with Crippen LogP contribution in [0.25, 0.3) is 66.4 Å². The average molecular weight is 1010 g/mol. The van der Waals surface area contributed by atoms with E-state index in [2.05, 4.69) is 55.2 Å². The molecule has 9 rings (SSSR count). The van der Waals surface area contributed by atoms with Crippen molar-refractivity contribution in [1.29, 1.82) is 0 Å². The van der Waals surface area contributed by atoms with Crippen LogP contribution in [0, 0.1) is 42.1 Å². The van der Waals surface area contributed by atoms with Crippen LogP contribution >= 0.6 is 0 Å².